The van der Waals surface area contributed by atoms with Crippen LogP contribution in [-0.4, -0.2) is 31.6 Å². The number of aliphatic carboxylic acids is 1. The first-order valence-electron chi connectivity index (χ1n) is 7.01. The number of nitrogens with zero attached hydrogens (tertiary/aromatic N) is 3. The Morgan fingerprint density at radius 2 is 2.11 bits per heavy atom. The van der Waals surface area contributed by atoms with Crippen molar-refractivity contribution < 1.29 is 9.90 Å². The van der Waals surface area contributed by atoms with E-state index in [1.165, 1.54) is 43.9 Å². The molecule has 0 unspecified atom stereocenters. The smallest absolute Gasteiger partial charge is 0.313 e. The van der Waals surface area contributed by atoms with Gasteiger partial charge in [0.2, 0.25) is 0 Å². The molecule has 0 spiro atoms. The van der Waals surface area contributed by atoms with E-state index in [1.54, 1.807) is 0 Å². The van der Waals surface area contributed by atoms with Gasteiger partial charge in [-0.1, -0.05) is 24.6 Å². The van der Waals surface area contributed by atoms with Gasteiger partial charge in [-0.3, -0.25) is 4.79 Å². The summed E-state index contributed by atoms with van der Waals surface area (Å²) < 4.78 is 2.16. The molecule has 2 aliphatic rings. The zero-order valence-corrected chi connectivity index (χ0v) is 11.7. The Morgan fingerprint density at radius 1 is 1.32 bits per heavy atom. The minimum absolute atomic E-state index is 0.0609. The van der Waals surface area contributed by atoms with Gasteiger partial charge in [-0.25, -0.2) is 0 Å². The molecule has 0 bridgehead atoms. The van der Waals surface area contributed by atoms with Gasteiger partial charge in [0.15, 0.2) is 5.16 Å². The van der Waals surface area contributed by atoms with Crippen LogP contribution < -0.4 is 0 Å². The largest absolute Gasteiger partial charge is 0.481 e. The van der Waals surface area contributed by atoms with Gasteiger partial charge in [-0.05, 0) is 31.6 Å². The zero-order chi connectivity index (χ0) is 13.2. The van der Waals surface area contributed by atoms with E-state index in [4.69, 9.17) is 5.11 Å². The van der Waals surface area contributed by atoms with Gasteiger partial charge in [0, 0.05) is 12.5 Å². The highest BCUT2D eigenvalue weighted by molar-refractivity contribution is 7.99. The van der Waals surface area contributed by atoms with Gasteiger partial charge >= 0.3 is 5.97 Å². The highest BCUT2D eigenvalue weighted by Gasteiger charge is 2.30. The van der Waals surface area contributed by atoms with Crippen molar-refractivity contribution in [1.29, 1.82) is 0 Å². The molecule has 19 heavy (non-hydrogen) atoms. The summed E-state index contributed by atoms with van der Waals surface area (Å²) in [6, 6.07) is 0. The molecule has 0 radical (unpaired) electrons. The number of carbonyl (C=O) groups is 1. The van der Waals surface area contributed by atoms with Crippen molar-refractivity contribution in [3.05, 3.63) is 5.82 Å². The molecule has 0 saturated heterocycles. The van der Waals surface area contributed by atoms with E-state index in [0.29, 0.717) is 5.92 Å². The molecule has 1 N–H and O–H groups in total. The third-order valence-electron chi connectivity index (χ3n) is 3.70. The van der Waals surface area contributed by atoms with Crippen LogP contribution in [0.1, 0.15) is 50.3 Å². The predicted molar refractivity (Wildman–Crippen MR) is 72.3 cm³/mol. The van der Waals surface area contributed by atoms with E-state index < -0.39 is 5.97 Å². The molecule has 0 amide bonds. The number of carboxylic acid groups (broad SMARTS) is 1. The maximum absolute atomic E-state index is 10.7. The molecule has 3 rings (SSSR count). The molecule has 6 heteroatoms. The van der Waals surface area contributed by atoms with E-state index in [-0.39, 0.29) is 5.75 Å². The molecule has 0 atom stereocenters. The molecule has 2 fully saturated rings. The summed E-state index contributed by atoms with van der Waals surface area (Å²) in [6.07, 6.45) is 7.61. The number of rotatable bonds is 8. The third kappa shape index (κ3) is 3.49. The second-order valence-corrected chi connectivity index (χ2v) is 6.48. The summed E-state index contributed by atoms with van der Waals surface area (Å²) in [5.74, 6) is 1.84. The SMILES string of the molecule is O=C(O)CSc1nnc(C2CC2)n1CCCC1CC1. The first kappa shape index (κ1) is 13.0. The molecular weight excluding hydrogens is 262 g/mol. The highest BCUT2D eigenvalue weighted by atomic mass is 32.2. The number of aromatic nitrogens is 3. The Hall–Kier alpha value is -1.04. The maximum atomic E-state index is 10.7. The molecule has 2 saturated carbocycles. The van der Waals surface area contributed by atoms with Crippen LogP contribution in [0, 0.1) is 5.92 Å². The van der Waals surface area contributed by atoms with Crippen molar-refractivity contribution in [3.8, 4) is 0 Å². The summed E-state index contributed by atoms with van der Waals surface area (Å²) >= 11 is 1.29. The predicted octanol–water partition coefficient (Wildman–Crippen LogP) is 2.52. The molecule has 104 valence electrons. The lowest BCUT2D eigenvalue weighted by Gasteiger charge is -2.08. The normalized spacial score (nSPS) is 18.7. The summed E-state index contributed by atoms with van der Waals surface area (Å²) in [6.45, 7) is 0.942. The van der Waals surface area contributed by atoms with Crippen molar-refractivity contribution in [2.24, 2.45) is 5.92 Å². The second kappa shape index (κ2) is 5.53. The minimum atomic E-state index is -0.800. The van der Waals surface area contributed by atoms with Crippen LogP contribution in [0.15, 0.2) is 5.16 Å². The zero-order valence-electron chi connectivity index (χ0n) is 10.9. The average Bonchev–Trinajstić information content (AvgIpc) is 3.27. The van der Waals surface area contributed by atoms with Gasteiger partial charge < -0.3 is 9.67 Å². The van der Waals surface area contributed by atoms with E-state index in [1.807, 2.05) is 0 Å². The molecule has 1 aromatic rings. The molecule has 5 nitrogen and oxygen atoms in total. The number of carboxylic acids is 1. The first-order chi connectivity index (χ1) is 9.24. The standard InChI is InChI=1S/C13H19N3O2S/c17-11(18)8-19-13-15-14-12(10-5-6-10)16(13)7-1-2-9-3-4-9/h9-10H,1-8H2,(H,17,18). The number of hydrogen-bond donors (Lipinski definition) is 1. The summed E-state index contributed by atoms with van der Waals surface area (Å²) in [7, 11) is 0. The minimum Gasteiger partial charge on any atom is -0.481 e. The van der Waals surface area contributed by atoms with Crippen molar-refractivity contribution in [3.63, 3.8) is 0 Å². The topological polar surface area (TPSA) is 68.0 Å². The van der Waals surface area contributed by atoms with Crippen molar-refractivity contribution in [2.45, 2.75) is 56.1 Å². The fourth-order valence-corrected chi connectivity index (χ4v) is 3.02. The van der Waals surface area contributed by atoms with Crippen LogP contribution in [0.4, 0.5) is 0 Å². The average molecular weight is 281 g/mol. The third-order valence-corrected chi connectivity index (χ3v) is 4.66. The van der Waals surface area contributed by atoms with Crippen LogP contribution >= 0.6 is 11.8 Å². The van der Waals surface area contributed by atoms with E-state index in [9.17, 15) is 4.79 Å². The maximum Gasteiger partial charge on any atom is 0.313 e. The van der Waals surface area contributed by atoms with Crippen LogP contribution in [0.3, 0.4) is 0 Å². The molecule has 0 aliphatic heterocycles. The lowest BCUT2D eigenvalue weighted by Crippen LogP contribution is -2.07. The quantitative estimate of drug-likeness (QED) is 0.742. The Morgan fingerprint density at radius 3 is 2.74 bits per heavy atom. The van der Waals surface area contributed by atoms with Gasteiger partial charge in [0.25, 0.3) is 0 Å². The van der Waals surface area contributed by atoms with Crippen molar-refractivity contribution >= 4 is 17.7 Å². The van der Waals surface area contributed by atoms with Crippen LogP contribution in [-0.2, 0) is 11.3 Å². The molecular formula is C13H19N3O2S. The van der Waals surface area contributed by atoms with Gasteiger partial charge in [0.1, 0.15) is 5.82 Å². The summed E-state index contributed by atoms with van der Waals surface area (Å²) in [5.41, 5.74) is 0. The summed E-state index contributed by atoms with van der Waals surface area (Å²) in [5, 5.41) is 18.0. The highest BCUT2D eigenvalue weighted by Crippen LogP contribution is 2.40. The molecule has 1 aromatic heterocycles. The van der Waals surface area contributed by atoms with Gasteiger partial charge in [0.05, 0.1) is 5.75 Å². The molecule has 0 aromatic carbocycles. The lowest BCUT2D eigenvalue weighted by molar-refractivity contribution is -0.133. The van der Waals surface area contributed by atoms with Crippen LogP contribution in [0.2, 0.25) is 0 Å². The Labute approximate surface area is 116 Å². The molecule has 1 heterocycles. The fourth-order valence-electron chi connectivity index (χ4n) is 2.33. The van der Waals surface area contributed by atoms with Crippen molar-refractivity contribution in [2.75, 3.05) is 5.75 Å². The monoisotopic (exact) mass is 281 g/mol. The fraction of sp³-hybridized carbons (Fsp3) is 0.769. The first-order valence-corrected chi connectivity index (χ1v) is 8.00. The number of hydrogen-bond acceptors (Lipinski definition) is 4. The Bertz CT molecular complexity index is 466. The van der Waals surface area contributed by atoms with Crippen molar-refractivity contribution in [1.82, 2.24) is 14.8 Å². The lowest BCUT2D eigenvalue weighted by atomic mass is 10.2. The van der Waals surface area contributed by atoms with E-state index in [0.717, 1.165) is 29.9 Å². The van der Waals surface area contributed by atoms with E-state index in [2.05, 4.69) is 14.8 Å². The Kier molecular flexibility index (Phi) is 3.77. The summed E-state index contributed by atoms with van der Waals surface area (Å²) in [4.78, 5) is 10.7. The number of thioether (sulfide) groups is 1. The van der Waals surface area contributed by atoms with Gasteiger partial charge in [-0.15, -0.1) is 10.2 Å². The molecule has 2 aliphatic carbocycles. The Balaban J connectivity index is 1.64. The van der Waals surface area contributed by atoms with E-state index >= 15 is 0 Å². The van der Waals surface area contributed by atoms with Crippen LogP contribution in [0.25, 0.3) is 0 Å². The second-order valence-electron chi connectivity index (χ2n) is 5.53. The van der Waals surface area contributed by atoms with Crippen LogP contribution in [0.5, 0.6) is 0 Å². The van der Waals surface area contributed by atoms with Gasteiger partial charge in [-0.2, -0.15) is 0 Å².